The van der Waals surface area contributed by atoms with Gasteiger partial charge in [0, 0.05) is 16.8 Å². The fourth-order valence-electron chi connectivity index (χ4n) is 5.53. The van der Waals surface area contributed by atoms with Gasteiger partial charge in [0.05, 0.1) is 28.7 Å². The van der Waals surface area contributed by atoms with Crippen molar-refractivity contribution in [3.63, 3.8) is 0 Å². The number of para-hydroxylation sites is 3. The van der Waals surface area contributed by atoms with Gasteiger partial charge >= 0.3 is 0 Å². The van der Waals surface area contributed by atoms with Crippen LogP contribution in [0.25, 0.3) is 22.3 Å². The predicted octanol–water partition coefficient (Wildman–Crippen LogP) is 8.84. The van der Waals surface area contributed by atoms with E-state index in [2.05, 4.69) is 139 Å². The van der Waals surface area contributed by atoms with E-state index >= 15 is 0 Å². The maximum atomic E-state index is 9.42. The van der Waals surface area contributed by atoms with Gasteiger partial charge in [-0.1, -0.05) is 91.0 Å². The number of hydrogen-bond acceptors (Lipinski definition) is 3. The minimum absolute atomic E-state index is 0.0105. The second-order valence-electron chi connectivity index (χ2n) is 9.41. The number of aryl methyl sites for hydroxylation is 1. The second kappa shape index (κ2) is 9.33. The molecule has 37 heavy (non-hydrogen) atoms. The molecule has 0 radical (unpaired) electrons. The summed E-state index contributed by atoms with van der Waals surface area (Å²) in [7, 11) is 0. The quantitative estimate of drug-likeness (QED) is 0.259. The summed E-state index contributed by atoms with van der Waals surface area (Å²) in [6, 6.07) is 44.7. The lowest BCUT2D eigenvalue weighted by atomic mass is 9.94. The molecule has 1 aliphatic rings. The van der Waals surface area contributed by atoms with E-state index in [4.69, 9.17) is 0 Å². The highest BCUT2D eigenvalue weighted by atomic mass is 15.4. The molecular weight excluding hydrogens is 450 g/mol. The van der Waals surface area contributed by atoms with Crippen LogP contribution in [0, 0.1) is 18.3 Å². The van der Waals surface area contributed by atoms with Gasteiger partial charge in [-0.3, -0.25) is 0 Å². The van der Waals surface area contributed by atoms with Gasteiger partial charge in [0.1, 0.15) is 6.17 Å². The summed E-state index contributed by atoms with van der Waals surface area (Å²) in [6.45, 7) is 4.34. The topological polar surface area (TPSA) is 30.3 Å². The molecule has 1 heterocycles. The van der Waals surface area contributed by atoms with Crippen LogP contribution in [0.4, 0.5) is 22.7 Å². The average Bonchev–Trinajstić information content (AvgIpc) is 3.24. The number of hydrogen-bond donors (Lipinski definition) is 0. The summed E-state index contributed by atoms with van der Waals surface area (Å²) in [4.78, 5) is 4.86. The minimum atomic E-state index is 0.0105. The zero-order chi connectivity index (χ0) is 25.4. The monoisotopic (exact) mass is 477 g/mol. The van der Waals surface area contributed by atoms with Gasteiger partial charge in [0.2, 0.25) is 0 Å². The molecule has 6 rings (SSSR count). The molecule has 0 spiro atoms. The van der Waals surface area contributed by atoms with Crippen molar-refractivity contribution in [2.45, 2.75) is 20.0 Å². The SMILES string of the molecule is Cc1cc(C#N)ccc1N1c2ccccc2N(c2c(-c3ccccc3)cccc2-c2ccccc2)[C@H]1C. The zero-order valence-corrected chi connectivity index (χ0v) is 21.0. The standard InChI is InChI=1S/C34H27N3/c1-24-22-26(23-35)20-21-31(24)36-25(2)37(33-19-10-9-18-32(33)36)34-29(27-12-5-3-6-13-27)16-11-17-30(34)28-14-7-4-8-15-28/h3-22,25H,1-2H3/t25-/m0/s1. The van der Waals surface area contributed by atoms with Gasteiger partial charge in [0.15, 0.2) is 0 Å². The predicted molar refractivity (Wildman–Crippen MR) is 153 cm³/mol. The molecule has 0 unspecified atom stereocenters. The lowest BCUT2D eigenvalue weighted by molar-refractivity contribution is 0.760. The van der Waals surface area contributed by atoms with Crippen LogP contribution in [-0.2, 0) is 0 Å². The third-order valence-corrected chi connectivity index (χ3v) is 7.18. The maximum Gasteiger partial charge on any atom is 0.108 e. The van der Waals surface area contributed by atoms with E-state index in [-0.39, 0.29) is 6.17 Å². The molecule has 5 aromatic carbocycles. The molecule has 5 aromatic rings. The number of rotatable bonds is 4. The summed E-state index contributed by atoms with van der Waals surface area (Å²) in [5.41, 5.74) is 11.2. The summed E-state index contributed by atoms with van der Waals surface area (Å²) in [5, 5.41) is 9.42. The lowest BCUT2D eigenvalue weighted by Gasteiger charge is -2.34. The summed E-state index contributed by atoms with van der Waals surface area (Å²) >= 11 is 0. The molecule has 0 fully saturated rings. The number of benzene rings is 5. The molecule has 0 saturated heterocycles. The first-order chi connectivity index (χ1) is 18.2. The molecular formula is C34H27N3. The Bertz CT molecular complexity index is 1560. The highest BCUT2D eigenvalue weighted by molar-refractivity contribution is 5.99. The van der Waals surface area contributed by atoms with Crippen molar-refractivity contribution in [3.05, 3.63) is 132 Å². The minimum Gasteiger partial charge on any atom is -0.318 e. The molecule has 1 atom stereocenters. The van der Waals surface area contributed by atoms with Crippen LogP contribution in [0.2, 0.25) is 0 Å². The van der Waals surface area contributed by atoms with Gasteiger partial charge in [-0.25, -0.2) is 0 Å². The first kappa shape index (κ1) is 22.6. The Labute approximate surface area is 218 Å². The first-order valence-corrected chi connectivity index (χ1v) is 12.6. The molecule has 178 valence electrons. The first-order valence-electron chi connectivity index (χ1n) is 12.6. The van der Waals surface area contributed by atoms with E-state index in [9.17, 15) is 5.26 Å². The van der Waals surface area contributed by atoms with Gasteiger partial charge in [-0.15, -0.1) is 0 Å². The summed E-state index contributed by atoms with van der Waals surface area (Å²) in [6.07, 6.45) is 0.0105. The molecule has 0 saturated carbocycles. The number of nitriles is 1. The zero-order valence-electron chi connectivity index (χ0n) is 21.0. The maximum absolute atomic E-state index is 9.42. The van der Waals surface area contributed by atoms with Crippen LogP contribution in [0.1, 0.15) is 18.1 Å². The third-order valence-electron chi connectivity index (χ3n) is 7.18. The smallest absolute Gasteiger partial charge is 0.108 e. The van der Waals surface area contributed by atoms with Crippen molar-refractivity contribution in [2.24, 2.45) is 0 Å². The highest BCUT2D eigenvalue weighted by Crippen LogP contribution is 2.52. The van der Waals surface area contributed by atoms with E-state index < -0.39 is 0 Å². The molecule has 0 aliphatic carbocycles. The largest absolute Gasteiger partial charge is 0.318 e. The van der Waals surface area contributed by atoms with E-state index in [0.29, 0.717) is 5.56 Å². The Morgan fingerprint density at radius 2 is 1.14 bits per heavy atom. The van der Waals surface area contributed by atoms with Crippen molar-refractivity contribution in [2.75, 3.05) is 9.80 Å². The van der Waals surface area contributed by atoms with Crippen LogP contribution in [0.15, 0.2) is 121 Å². The van der Waals surface area contributed by atoms with Crippen molar-refractivity contribution in [1.82, 2.24) is 0 Å². The molecule has 0 aromatic heterocycles. The number of anilines is 4. The molecule has 3 nitrogen and oxygen atoms in total. The molecule has 0 N–H and O–H groups in total. The normalized spacial score (nSPS) is 14.4. The molecule has 0 bridgehead atoms. The van der Waals surface area contributed by atoms with Crippen LogP contribution >= 0.6 is 0 Å². The summed E-state index contributed by atoms with van der Waals surface area (Å²) < 4.78 is 0. The Balaban J connectivity index is 1.61. The second-order valence-corrected chi connectivity index (χ2v) is 9.41. The van der Waals surface area contributed by atoms with Crippen LogP contribution in [-0.4, -0.2) is 6.17 Å². The number of fused-ring (bicyclic) bond motifs is 1. The number of nitrogens with zero attached hydrogens (tertiary/aromatic N) is 3. The van der Waals surface area contributed by atoms with Gasteiger partial charge in [-0.05, 0) is 60.9 Å². The van der Waals surface area contributed by atoms with Crippen LogP contribution in [0.3, 0.4) is 0 Å². The third kappa shape index (κ3) is 3.84. The Kier molecular flexibility index (Phi) is 5.71. The van der Waals surface area contributed by atoms with Crippen molar-refractivity contribution >= 4 is 22.7 Å². The summed E-state index contributed by atoms with van der Waals surface area (Å²) in [5.74, 6) is 0. The molecule has 0 amide bonds. The lowest BCUT2D eigenvalue weighted by Crippen LogP contribution is -2.36. The van der Waals surface area contributed by atoms with E-state index in [1.807, 2.05) is 12.1 Å². The van der Waals surface area contributed by atoms with E-state index in [1.165, 1.54) is 33.6 Å². The van der Waals surface area contributed by atoms with Crippen molar-refractivity contribution < 1.29 is 0 Å². The molecule has 1 aliphatic heterocycles. The molecule has 3 heteroatoms. The van der Waals surface area contributed by atoms with Gasteiger partial charge < -0.3 is 9.80 Å². The fourth-order valence-corrected chi connectivity index (χ4v) is 5.53. The van der Waals surface area contributed by atoms with Crippen molar-refractivity contribution in [3.8, 4) is 28.3 Å². The van der Waals surface area contributed by atoms with E-state index in [0.717, 1.165) is 16.9 Å². The average molecular weight is 478 g/mol. The van der Waals surface area contributed by atoms with Crippen LogP contribution < -0.4 is 9.80 Å². The fraction of sp³-hybridized carbons (Fsp3) is 0.0882. The van der Waals surface area contributed by atoms with Gasteiger partial charge in [-0.2, -0.15) is 5.26 Å². The van der Waals surface area contributed by atoms with Gasteiger partial charge in [0.25, 0.3) is 0 Å². The Morgan fingerprint density at radius 3 is 1.68 bits per heavy atom. The van der Waals surface area contributed by atoms with Crippen LogP contribution in [0.5, 0.6) is 0 Å². The Morgan fingerprint density at radius 1 is 0.595 bits per heavy atom. The van der Waals surface area contributed by atoms with E-state index in [1.54, 1.807) is 0 Å². The Hall–Kier alpha value is -4.81. The highest BCUT2D eigenvalue weighted by Gasteiger charge is 2.37. The van der Waals surface area contributed by atoms with Crippen molar-refractivity contribution in [1.29, 1.82) is 5.26 Å².